The van der Waals surface area contributed by atoms with E-state index in [0.29, 0.717) is 0 Å². The zero-order valence-corrected chi connectivity index (χ0v) is 18.9. The van der Waals surface area contributed by atoms with Gasteiger partial charge in [-0.15, -0.1) is 24.0 Å². The van der Waals surface area contributed by atoms with Crippen LogP contribution in [0.4, 0.5) is 0 Å². The van der Waals surface area contributed by atoms with Crippen molar-refractivity contribution in [2.45, 2.75) is 38.6 Å². The fourth-order valence-corrected chi connectivity index (χ4v) is 3.26. The van der Waals surface area contributed by atoms with Gasteiger partial charge in [0.15, 0.2) is 5.96 Å². The average Bonchev–Trinajstić information content (AvgIpc) is 3.33. The molecule has 150 valence electrons. The van der Waals surface area contributed by atoms with Crippen molar-refractivity contribution >= 4 is 29.9 Å². The highest BCUT2D eigenvalue weighted by Gasteiger charge is 2.25. The smallest absolute Gasteiger partial charge is 0.191 e. The van der Waals surface area contributed by atoms with Crippen molar-refractivity contribution in [3.8, 4) is 0 Å². The molecule has 2 rings (SSSR count). The van der Waals surface area contributed by atoms with Crippen LogP contribution in [0.15, 0.2) is 27.8 Å². The Balaban J connectivity index is 0.00000338. The van der Waals surface area contributed by atoms with E-state index in [-0.39, 0.29) is 30.0 Å². The fraction of sp³-hybridized carbons (Fsp3) is 0.737. The number of rotatable bonds is 10. The maximum absolute atomic E-state index is 5.68. The molecule has 6 nitrogen and oxygen atoms in total. The number of halogens is 1. The normalized spacial score (nSPS) is 16.5. The molecule has 2 N–H and O–H groups in total. The first kappa shape index (κ1) is 23.2. The largest absolute Gasteiger partial charge is 0.468 e. The lowest BCUT2D eigenvalue weighted by atomic mass is 10.2. The second-order valence-electron chi connectivity index (χ2n) is 6.81. The SMILES string of the molecule is CCCCN(C)CCNC(=NC)NCC(c1ccco1)N1CCCC1.I. The summed E-state index contributed by atoms with van der Waals surface area (Å²) in [7, 11) is 4.00. The summed E-state index contributed by atoms with van der Waals surface area (Å²) < 4.78 is 5.68. The fourth-order valence-electron chi connectivity index (χ4n) is 3.26. The third kappa shape index (κ3) is 7.84. The number of likely N-dealkylation sites (N-methyl/N-ethyl adjacent to an activating group) is 1. The van der Waals surface area contributed by atoms with E-state index in [2.05, 4.69) is 45.5 Å². The van der Waals surface area contributed by atoms with Crippen molar-refractivity contribution in [3.63, 3.8) is 0 Å². The van der Waals surface area contributed by atoms with Crippen LogP contribution in [0.3, 0.4) is 0 Å². The van der Waals surface area contributed by atoms with Gasteiger partial charge in [-0.25, -0.2) is 0 Å². The second-order valence-corrected chi connectivity index (χ2v) is 6.81. The van der Waals surface area contributed by atoms with E-state index >= 15 is 0 Å². The molecule has 0 aromatic carbocycles. The molecule has 1 fully saturated rings. The van der Waals surface area contributed by atoms with Gasteiger partial charge in [0.2, 0.25) is 0 Å². The van der Waals surface area contributed by atoms with E-state index < -0.39 is 0 Å². The Bertz CT molecular complexity index is 488. The van der Waals surface area contributed by atoms with Crippen LogP contribution < -0.4 is 10.6 Å². The number of likely N-dealkylation sites (tertiary alicyclic amines) is 1. The predicted molar refractivity (Wildman–Crippen MR) is 119 cm³/mol. The van der Waals surface area contributed by atoms with Crippen LogP contribution in [0.25, 0.3) is 0 Å². The van der Waals surface area contributed by atoms with Crippen LogP contribution in [-0.4, -0.2) is 69.1 Å². The van der Waals surface area contributed by atoms with Gasteiger partial charge in [0.25, 0.3) is 0 Å². The number of furan rings is 1. The highest BCUT2D eigenvalue weighted by molar-refractivity contribution is 14.0. The van der Waals surface area contributed by atoms with Gasteiger partial charge in [0.1, 0.15) is 5.76 Å². The van der Waals surface area contributed by atoms with Crippen LogP contribution in [0, 0.1) is 0 Å². The van der Waals surface area contributed by atoms with E-state index in [1.807, 2.05) is 13.1 Å². The molecule has 2 heterocycles. The quantitative estimate of drug-likeness (QED) is 0.309. The number of nitrogens with zero attached hydrogens (tertiary/aromatic N) is 3. The van der Waals surface area contributed by atoms with Gasteiger partial charge >= 0.3 is 0 Å². The highest BCUT2D eigenvalue weighted by Crippen LogP contribution is 2.24. The number of hydrogen-bond acceptors (Lipinski definition) is 4. The first-order chi connectivity index (χ1) is 12.2. The monoisotopic (exact) mass is 477 g/mol. The third-order valence-electron chi connectivity index (χ3n) is 4.82. The Morgan fingerprint density at radius 2 is 2.08 bits per heavy atom. The Kier molecular flexibility index (Phi) is 12.0. The summed E-state index contributed by atoms with van der Waals surface area (Å²) >= 11 is 0. The highest BCUT2D eigenvalue weighted by atomic mass is 127. The van der Waals surface area contributed by atoms with Gasteiger partial charge in [0, 0.05) is 26.7 Å². The van der Waals surface area contributed by atoms with Crippen molar-refractivity contribution in [1.29, 1.82) is 0 Å². The van der Waals surface area contributed by atoms with Gasteiger partial charge in [-0.3, -0.25) is 9.89 Å². The summed E-state index contributed by atoms with van der Waals surface area (Å²) in [5.74, 6) is 1.89. The molecule has 1 atom stereocenters. The zero-order valence-electron chi connectivity index (χ0n) is 16.5. The third-order valence-corrected chi connectivity index (χ3v) is 4.82. The minimum Gasteiger partial charge on any atom is -0.468 e. The molecule has 26 heavy (non-hydrogen) atoms. The van der Waals surface area contributed by atoms with Crippen LogP contribution >= 0.6 is 24.0 Å². The van der Waals surface area contributed by atoms with Crippen LogP contribution in [0.5, 0.6) is 0 Å². The summed E-state index contributed by atoms with van der Waals surface area (Å²) in [5, 5.41) is 6.89. The molecule has 1 aromatic rings. The maximum atomic E-state index is 5.68. The molecule has 0 spiro atoms. The van der Waals surface area contributed by atoms with Gasteiger partial charge in [0.05, 0.1) is 12.3 Å². The van der Waals surface area contributed by atoms with Crippen molar-refractivity contribution in [3.05, 3.63) is 24.2 Å². The van der Waals surface area contributed by atoms with Crippen molar-refractivity contribution < 1.29 is 4.42 Å². The molecule has 0 bridgehead atoms. The molecule has 0 aliphatic carbocycles. The Morgan fingerprint density at radius 3 is 2.69 bits per heavy atom. The number of aliphatic imine (C=N–C) groups is 1. The predicted octanol–water partition coefficient (Wildman–Crippen LogP) is 2.93. The first-order valence-electron chi connectivity index (χ1n) is 9.65. The number of hydrogen-bond donors (Lipinski definition) is 2. The number of unbranched alkanes of at least 4 members (excludes halogenated alkanes) is 1. The summed E-state index contributed by atoms with van der Waals surface area (Å²) in [4.78, 5) is 9.21. The molecule has 1 aromatic heterocycles. The lowest BCUT2D eigenvalue weighted by Crippen LogP contribution is -2.44. The molecular weight excluding hydrogens is 441 g/mol. The molecular formula is C19H36IN5O. The standard InChI is InChI=1S/C19H35N5O.HI/c1-4-5-11-23(3)14-10-21-19(20-2)22-16-17(18-9-8-15-25-18)24-12-6-7-13-24;/h8-9,15,17H,4-7,10-14,16H2,1-3H3,(H2,20,21,22);1H. The van der Waals surface area contributed by atoms with Gasteiger partial charge < -0.3 is 20.0 Å². The van der Waals surface area contributed by atoms with E-state index in [9.17, 15) is 0 Å². The Labute approximate surface area is 175 Å². The molecule has 1 aliphatic rings. The summed E-state index contributed by atoms with van der Waals surface area (Å²) in [6.07, 6.45) is 6.80. The topological polar surface area (TPSA) is 56.0 Å². The maximum Gasteiger partial charge on any atom is 0.191 e. The van der Waals surface area contributed by atoms with Crippen LogP contribution in [-0.2, 0) is 0 Å². The van der Waals surface area contributed by atoms with Gasteiger partial charge in [-0.1, -0.05) is 13.3 Å². The summed E-state index contributed by atoms with van der Waals surface area (Å²) in [6.45, 7) is 8.39. The van der Waals surface area contributed by atoms with Crippen molar-refractivity contribution in [2.75, 3.05) is 53.4 Å². The number of nitrogens with one attached hydrogen (secondary N) is 2. The Hall–Kier alpha value is -0.800. The average molecular weight is 477 g/mol. The molecule has 1 aliphatic heterocycles. The minimum absolute atomic E-state index is 0. The van der Waals surface area contributed by atoms with Crippen molar-refractivity contribution in [1.82, 2.24) is 20.4 Å². The Morgan fingerprint density at radius 1 is 1.31 bits per heavy atom. The van der Waals surface area contributed by atoms with Crippen molar-refractivity contribution in [2.24, 2.45) is 4.99 Å². The van der Waals surface area contributed by atoms with E-state index in [4.69, 9.17) is 4.42 Å². The lowest BCUT2D eigenvalue weighted by molar-refractivity contribution is 0.215. The molecule has 7 heteroatoms. The molecule has 1 unspecified atom stereocenters. The van der Waals surface area contributed by atoms with Gasteiger partial charge in [-0.2, -0.15) is 0 Å². The molecule has 0 amide bonds. The second kappa shape index (κ2) is 13.4. The van der Waals surface area contributed by atoms with Crippen LogP contribution in [0.1, 0.15) is 44.4 Å². The molecule has 0 radical (unpaired) electrons. The van der Waals surface area contributed by atoms with E-state index in [0.717, 1.165) is 51.0 Å². The van der Waals surface area contributed by atoms with E-state index in [1.54, 1.807) is 6.26 Å². The molecule has 0 saturated carbocycles. The van der Waals surface area contributed by atoms with E-state index in [1.165, 1.54) is 25.7 Å². The first-order valence-corrected chi connectivity index (χ1v) is 9.65. The summed E-state index contributed by atoms with van der Waals surface area (Å²) in [5.41, 5.74) is 0. The van der Waals surface area contributed by atoms with Crippen LogP contribution in [0.2, 0.25) is 0 Å². The van der Waals surface area contributed by atoms with Gasteiger partial charge in [-0.05, 0) is 58.1 Å². The summed E-state index contributed by atoms with van der Waals surface area (Å²) in [6, 6.07) is 4.31. The lowest BCUT2D eigenvalue weighted by Gasteiger charge is -2.27. The zero-order chi connectivity index (χ0) is 17.9. The number of guanidine groups is 1. The molecule has 1 saturated heterocycles. The minimum atomic E-state index is 0.